The van der Waals surface area contributed by atoms with Crippen LogP contribution in [0, 0.1) is 5.92 Å². The van der Waals surface area contributed by atoms with Gasteiger partial charge in [0.05, 0.1) is 12.7 Å². The molecule has 0 amide bonds. The molecule has 1 fully saturated rings. The molecule has 3 nitrogen and oxygen atoms in total. The van der Waals surface area contributed by atoms with Gasteiger partial charge in [-0.3, -0.25) is 0 Å². The van der Waals surface area contributed by atoms with Crippen molar-refractivity contribution in [3.63, 3.8) is 0 Å². The summed E-state index contributed by atoms with van der Waals surface area (Å²) in [6.07, 6.45) is 3.59. The highest BCUT2D eigenvalue weighted by Gasteiger charge is 2.33. The molecule has 1 aliphatic heterocycles. The number of para-hydroxylation sites is 1. The zero-order chi connectivity index (χ0) is 15.1. The Kier molecular flexibility index (Phi) is 6.52. The third kappa shape index (κ3) is 4.21. The van der Waals surface area contributed by atoms with Crippen LogP contribution in [0.1, 0.15) is 51.6 Å². The molecule has 0 saturated carbocycles. The predicted octanol–water partition coefficient (Wildman–Crippen LogP) is 3.94. The van der Waals surface area contributed by atoms with Gasteiger partial charge in [-0.15, -0.1) is 0 Å². The van der Waals surface area contributed by atoms with Gasteiger partial charge < -0.3 is 14.8 Å². The normalized spacial score (nSPS) is 23.2. The first-order chi connectivity index (χ1) is 10.3. The van der Waals surface area contributed by atoms with Crippen molar-refractivity contribution in [3.8, 4) is 5.75 Å². The van der Waals surface area contributed by atoms with Crippen LogP contribution in [0.3, 0.4) is 0 Å². The fraction of sp³-hybridized carbons (Fsp3) is 0.667. The maximum absolute atomic E-state index is 5.96. The number of ether oxygens (including phenoxy) is 2. The monoisotopic (exact) mass is 291 g/mol. The van der Waals surface area contributed by atoms with Crippen LogP contribution in [0.15, 0.2) is 24.3 Å². The van der Waals surface area contributed by atoms with Crippen molar-refractivity contribution in [2.45, 2.75) is 52.2 Å². The molecular formula is C18H29NO2. The largest absolute Gasteiger partial charge is 0.493 e. The molecule has 1 aromatic rings. The number of hydrogen-bond acceptors (Lipinski definition) is 3. The van der Waals surface area contributed by atoms with Crippen molar-refractivity contribution < 1.29 is 9.47 Å². The standard InChI is InChI=1S/C18H29NO2/c1-4-11-19-18(15-10-13-20-14(15)3)16-8-6-7-9-17(16)21-12-5-2/h6-9,14-15,18-19H,4-5,10-13H2,1-3H3. The molecule has 118 valence electrons. The Morgan fingerprint density at radius 1 is 1.29 bits per heavy atom. The van der Waals surface area contributed by atoms with E-state index in [1.165, 1.54) is 5.56 Å². The van der Waals surface area contributed by atoms with Gasteiger partial charge in [0.25, 0.3) is 0 Å². The maximum atomic E-state index is 5.96. The Balaban J connectivity index is 2.22. The summed E-state index contributed by atoms with van der Waals surface area (Å²) in [4.78, 5) is 0. The minimum atomic E-state index is 0.304. The second-order valence-electron chi connectivity index (χ2n) is 5.85. The summed E-state index contributed by atoms with van der Waals surface area (Å²) in [5.41, 5.74) is 1.28. The molecule has 3 heteroatoms. The van der Waals surface area contributed by atoms with Gasteiger partial charge in [0, 0.05) is 24.1 Å². The average molecular weight is 291 g/mol. The summed E-state index contributed by atoms with van der Waals surface area (Å²) in [5, 5.41) is 3.71. The van der Waals surface area contributed by atoms with Gasteiger partial charge in [0.2, 0.25) is 0 Å². The van der Waals surface area contributed by atoms with E-state index in [0.717, 1.165) is 44.8 Å². The van der Waals surface area contributed by atoms with Gasteiger partial charge in [-0.25, -0.2) is 0 Å². The maximum Gasteiger partial charge on any atom is 0.124 e. The molecule has 3 unspecified atom stereocenters. The highest BCUT2D eigenvalue weighted by molar-refractivity contribution is 5.36. The third-order valence-corrected chi connectivity index (χ3v) is 4.19. The van der Waals surface area contributed by atoms with Crippen LogP contribution in [-0.4, -0.2) is 25.9 Å². The van der Waals surface area contributed by atoms with E-state index in [9.17, 15) is 0 Å². The van der Waals surface area contributed by atoms with E-state index in [1.54, 1.807) is 0 Å². The van der Waals surface area contributed by atoms with Crippen LogP contribution in [0.25, 0.3) is 0 Å². The van der Waals surface area contributed by atoms with Crippen molar-refractivity contribution in [3.05, 3.63) is 29.8 Å². The molecule has 0 bridgehead atoms. The Bertz CT molecular complexity index is 421. The highest BCUT2D eigenvalue weighted by atomic mass is 16.5. The quantitative estimate of drug-likeness (QED) is 0.787. The zero-order valence-electron chi connectivity index (χ0n) is 13.6. The van der Waals surface area contributed by atoms with E-state index < -0.39 is 0 Å². The summed E-state index contributed by atoms with van der Waals surface area (Å²) in [6, 6.07) is 8.76. The number of benzene rings is 1. The van der Waals surface area contributed by atoms with E-state index in [1.807, 2.05) is 0 Å². The molecule has 1 heterocycles. The number of nitrogens with one attached hydrogen (secondary N) is 1. The van der Waals surface area contributed by atoms with Gasteiger partial charge in [-0.1, -0.05) is 32.0 Å². The van der Waals surface area contributed by atoms with Gasteiger partial charge in [-0.05, 0) is 38.8 Å². The predicted molar refractivity (Wildman–Crippen MR) is 86.8 cm³/mol. The Hall–Kier alpha value is -1.06. The molecule has 2 rings (SSSR count). The minimum Gasteiger partial charge on any atom is -0.493 e. The van der Waals surface area contributed by atoms with Crippen molar-refractivity contribution in [1.29, 1.82) is 0 Å². The van der Waals surface area contributed by atoms with Crippen LogP contribution in [0.2, 0.25) is 0 Å². The van der Waals surface area contributed by atoms with Crippen LogP contribution >= 0.6 is 0 Å². The van der Waals surface area contributed by atoms with E-state index in [-0.39, 0.29) is 0 Å². The second kappa shape index (κ2) is 8.40. The smallest absolute Gasteiger partial charge is 0.124 e. The lowest BCUT2D eigenvalue weighted by molar-refractivity contribution is 0.0949. The number of rotatable bonds is 8. The molecule has 0 aliphatic carbocycles. The van der Waals surface area contributed by atoms with Crippen molar-refractivity contribution in [2.75, 3.05) is 19.8 Å². The summed E-state index contributed by atoms with van der Waals surface area (Å²) < 4.78 is 11.7. The van der Waals surface area contributed by atoms with Gasteiger partial charge >= 0.3 is 0 Å². The Labute approximate surface area is 129 Å². The number of hydrogen-bond donors (Lipinski definition) is 1. The van der Waals surface area contributed by atoms with E-state index in [2.05, 4.69) is 50.4 Å². The summed E-state index contributed by atoms with van der Waals surface area (Å²) in [5.74, 6) is 1.54. The summed E-state index contributed by atoms with van der Waals surface area (Å²) in [7, 11) is 0. The van der Waals surface area contributed by atoms with E-state index >= 15 is 0 Å². The molecule has 1 aromatic carbocycles. The first-order valence-electron chi connectivity index (χ1n) is 8.34. The van der Waals surface area contributed by atoms with Crippen molar-refractivity contribution >= 4 is 0 Å². The molecular weight excluding hydrogens is 262 g/mol. The molecule has 0 aromatic heterocycles. The van der Waals surface area contributed by atoms with Crippen LogP contribution < -0.4 is 10.1 Å². The lowest BCUT2D eigenvalue weighted by atomic mass is 9.87. The van der Waals surface area contributed by atoms with E-state index in [0.29, 0.717) is 18.1 Å². The Morgan fingerprint density at radius 3 is 2.76 bits per heavy atom. The minimum absolute atomic E-state index is 0.304. The molecule has 1 N–H and O–H groups in total. The average Bonchev–Trinajstić information content (AvgIpc) is 2.93. The fourth-order valence-corrected chi connectivity index (χ4v) is 3.06. The lowest BCUT2D eigenvalue weighted by Crippen LogP contribution is -2.32. The lowest BCUT2D eigenvalue weighted by Gasteiger charge is -2.29. The van der Waals surface area contributed by atoms with Gasteiger partial charge in [0.15, 0.2) is 0 Å². The molecule has 0 spiro atoms. The molecule has 1 aliphatic rings. The second-order valence-corrected chi connectivity index (χ2v) is 5.85. The summed E-state index contributed by atoms with van der Waals surface area (Å²) in [6.45, 7) is 9.20. The van der Waals surface area contributed by atoms with E-state index in [4.69, 9.17) is 9.47 Å². The molecule has 3 atom stereocenters. The molecule has 1 saturated heterocycles. The Morgan fingerprint density at radius 2 is 2.10 bits per heavy atom. The van der Waals surface area contributed by atoms with Gasteiger partial charge in [0.1, 0.15) is 5.75 Å². The fourth-order valence-electron chi connectivity index (χ4n) is 3.06. The third-order valence-electron chi connectivity index (χ3n) is 4.19. The topological polar surface area (TPSA) is 30.5 Å². The van der Waals surface area contributed by atoms with Crippen molar-refractivity contribution in [1.82, 2.24) is 5.32 Å². The van der Waals surface area contributed by atoms with Gasteiger partial charge in [-0.2, -0.15) is 0 Å². The SMILES string of the molecule is CCCNC(c1ccccc1OCCC)C1CCOC1C. The highest BCUT2D eigenvalue weighted by Crippen LogP contribution is 2.37. The molecule has 21 heavy (non-hydrogen) atoms. The first-order valence-corrected chi connectivity index (χ1v) is 8.34. The molecule has 0 radical (unpaired) electrons. The first kappa shape index (κ1) is 16.3. The van der Waals surface area contributed by atoms with Crippen LogP contribution in [0.5, 0.6) is 5.75 Å². The van der Waals surface area contributed by atoms with Crippen LogP contribution in [-0.2, 0) is 4.74 Å². The zero-order valence-corrected chi connectivity index (χ0v) is 13.6. The summed E-state index contributed by atoms with van der Waals surface area (Å²) >= 11 is 0. The van der Waals surface area contributed by atoms with Crippen molar-refractivity contribution in [2.24, 2.45) is 5.92 Å². The van der Waals surface area contributed by atoms with Crippen LogP contribution in [0.4, 0.5) is 0 Å².